The SMILES string of the molecule is FN=NC(N=NF)(N=NF)C(N=NF)(N=NF)C(N=NF)(N=NF)C(N=NF)(N=NF)C(N=NF)(N=NF)C(N=NF)(N=NF)C(N=NF)(N=NF)C(N=NF)(N=NF)N=NF. The molecule has 0 aromatic carbocycles. The molecule has 0 saturated heterocycles. The van der Waals surface area contributed by atoms with Gasteiger partial charge in [0, 0.05) is 96.1 Å². The molecular formula is C8F18N36. The third-order valence-electron chi connectivity index (χ3n) is 6.62. The first kappa shape index (κ1) is 53.5. The van der Waals surface area contributed by atoms with Crippen LogP contribution in [0.25, 0.3) is 0 Å². The number of rotatable bonds is 25. The summed E-state index contributed by atoms with van der Waals surface area (Å²) in [6.07, 6.45) is 0. The third kappa shape index (κ3) is 8.22. The Kier molecular flexibility index (Phi) is 21.1. The molecule has 0 bridgehead atoms. The summed E-state index contributed by atoms with van der Waals surface area (Å²) in [5.41, 5.74) is -37.6. The van der Waals surface area contributed by atoms with Crippen LogP contribution in [-0.2, 0) is 0 Å². The Balaban J connectivity index is 11.8. The first-order valence-corrected chi connectivity index (χ1v) is 12.4. The lowest BCUT2D eigenvalue weighted by Crippen LogP contribution is -2.82. The standard InChI is InChI=1S/C8F18N36/c9-45-27-1(28-46-10,3(31-49-13,32-50-14)5(35-53-17,36-54-18)7(39-57-21,40-58-22)41-59-23)2(29-47-11,30-48-12)4(33-51-15,34-52-16)6(37-55-19,38-56-20)8(42-60-24,43-61-25)44-62-26. The molecule has 0 amide bonds. The van der Waals surface area contributed by atoms with E-state index in [1.165, 1.54) is 32.0 Å². The second-order valence-electron chi connectivity index (χ2n) is 8.46. The van der Waals surface area contributed by atoms with E-state index in [0.717, 1.165) is 64.0 Å². The van der Waals surface area contributed by atoms with E-state index in [9.17, 15) is 80.7 Å². The lowest BCUT2D eigenvalue weighted by molar-refractivity contribution is -0.0826. The van der Waals surface area contributed by atoms with Gasteiger partial charge in [-0.3, -0.25) is 0 Å². The molecule has 0 saturated carbocycles. The highest BCUT2D eigenvalue weighted by atomic mass is 19.2. The molecule has 338 valence electrons. The highest BCUT2D eigenvalue weighted by Crippen LogP contribution is 2.65. The Morgan fingerprint density at radius 2 is 0.226 bits per heavy atom. The molecule has 0 aromatic heterocycles. The Hall–Kier alpha value is -8.46. The van der Waals surface area contributed by atoms with Crippen molar-refractivity contribution in [2.45, 2.75) is 45.6 Å². The van der Waals surface area contributed by atoms with Crippen LogP contribution in [0.5, 0.6) is 0 Å². The maximum absolute atomic E-state index is 14.6. The minimum atomic E-state index is -6.47. The zero-order chi connectivity index (χ0) is 47.5. The summed E-state index contributed by atoms with van der Waals surface area (Å²) in [5.74, 6) is -11.0. The van der Waals surface area contributed by atoms with E-state index in [-0.39, 0.29) is 0 Å². The van der Waals surface area contributed by atoms with Gasteiger partial charge in [-0.05, 0) is 0 Å². The van der Waals surface area contributed by atoms with E-state index in [0.29, 0.717) is 0 Å². The van der Waals surface area contributed by atoms with Crippen molar-refractivity contribution >= 4 is 0 Å². The van der Waals surface area contributed by atoms with Crippen LogP contribution in [0, 0.1) is 0 Å². The fourth-order valence-electron chi connectivity index (χ4n) is 4.73. The van der Waals surface area contributed by atoms with Crippen molar-refractivity contribution in [3.05, 3.63) is 0 Å². The summed E-state index contributed by atoms with van der Waals surface area (Å²) in [4.78, 5) is 0. The first-order valence-electron chi connectivity index (χ1n) is 12.4. The zero-order valence-corrected chi connectivity index (χ0v) is 26.9. The molecule has 0 aliphatic rings. The minimum Gasteiger partial charge on any atom is -0.117 e. The smallest absolute Gasteiger partial charge is 0.117 e. The van der Waals surface area contributed by atoms with Crippen molar-refractivity contribution < 1.29 is 80.7 Å². The van der Waals surface area contributed by atoms with Crippen LogP contribution in [0.4, 0.5) is 80.7 Å². The van der Waals surface area contributed by atoms with Gasteiger partial charge in [-0.2, -0.15) is 0 Å². The van der Waals surface area contributed by atoms with Crippen LogP contribution in [0.15, 0.2) is 188 Å². The maximum Gasteiger partial charge on any atom is 0.360 e. The molecule has 54 heteroatoms. The topological polar surface area (TPSA) is 445 Å². The molecule has 0 spiro atoms. The lowest BCUT2D eigenvalue weighted by atomic mass is 9.65. The van der Waals surface area contributed by atoms with Crippen LogP contribution in [0.2, 0.25) is 0 Å². The minimum absolute atomic E-state index is 1.12. The average Bonchev–Trinajstić information content (AvgIpc) is 3.23. The van der Waals surface area contributed by atoms with Crippen LogP contribution in [-0.4, -0.2) is 45.6 Å². The van der Waals surface area contributed by atoms with E-state index >= 15 is 0 Å². The van der Waals surface area contributed by atoms with Gasteiger partial charge >= 0.3 is 45.6 Å². The molecule has 0 atom stereocenters. The summed E-state index contributed by atoms with van der Waals surface area (Å²) in [5, 5.41) is 55.7. The lowest BCUT2D eigenvalue weighted by Gasteiger charge is -2.52. The molecule has 0 N–H and O–H groups in total. The van der Waals surface area contributed by atoms with Crippen molar-refractivity contribution in [3.8, 4) is 0 Å². The fraction of sp³-hybridized carbons (Fsp3) is 1.00. The van der Waals surface area contributed by atoms with Crippen molar-refractivity contribution in [2.24, 2.45) is 188 Å². The first-order chi connectivity index (χ1) is 29.8. The zero-order valence-electron chi connectivity index (χ0n) is 26.9. The summed E-state index contributed by atoms with van der Waals surface area (Å²) in [6.45, 7) is 0. The highest BCUT2D eigenvalue weighted by Gasteiger charge is 2.94. The molecule has 0 aliphatic heterocycles. The monoisotopic (exact) mass is 942 g/mol. The molecule has 0 rings (SSSR count). The van der Waals surface area contributed by atoms with E-state index < -0.39 is 45.6 Å². The molecular weight excluding hydrogens is 942 g/mol. The third-order valence-corrected chi connectivity index (χ3v) is 6.62. The second-order valence-corrected chi connectivity index (χ2v) is 8.46. The summed E-state index contributed by atoms with van der Waals surface area (Å²) < 4.78 is 255. The number of halogens is 18. The van der Waals surface area contributed by atoms with Gasteiger partial charge in [0.25, 0.3) is 0 Å². The summed E-state index contributed by atoms with van der Waals surface area (Å²) in [6, 6.07) is 0. The van der Waals surface area contributed by atoms with Crippen molar-refractivity contribution in [2.75, 3.05) is 0 Å². The molecule has 0 aliphatic carbocycles. The Morgan fingerprint density at radius 1 is 0.129 bits per heavy atom. The molecule has 62 heavy (non-hydrogen) atoms. The number of nitrogens with zero attached hydrogens (tertiary/aromatic N) is 36. The normalized spacial score (nSPS) is 22.5. The predicted molar refractivity (Wildman–Crippen MR) is 129 cm³/mol. The molecule has 0 heterocycles. The summed E-state index contributed by atoms with van der Waals surface area (Å²) in [7, 11) is 0. The van der Waals surface area contributed by atoms with Gasteiger partial charge in [-0.15, -0.1) is 61.4 Å². The average molecular weight is 942 g/mol. The largest absolute Gasteiger partial charge is 0.360 e. The molecule has 36 nitrogen and oxygen atoms in total. The van der Waals surface area contributed by atoms with Crippen molar-refractivity contribution in [3.63, 3.8) is 0 Å². The number of hydrogen-bond acceptors (Lipinski definition) is 36. The van der Waals surface area contributed by atoms with E-state index in [1.54, 1.807) is 0 Å². The van der Waals surface area contributed by atoms with Gasteiger partial charge in [0.2, 0.25) is 0 Å². The highest BCUT2D eigenvalue weighted by molar-refractivity contribution is 5.38. The van der Waals surface area contributed by atoms with E-state index in [4.69, 9.17) is 0 Å². The Bertz CT molecular complexity index is 1690. The fourth-order valence-corrected chi connectivity index (χ4v) is 4.73. The van der Waals surface area contributed by atoms with Crippen LogP contribution >= 0.6 is 0 Å². The molecule has 0 aromatic rings. The summed E-state index contributed by atoms with van der Waals surface area (Å²) >= 11 is 0. The predicted octanol–water partition coefficient (Wildman–Crippen LogP) is 12.5. The van der Waals surface area contributed by atoms with Crippen LogP contribution in [0.1, 0.15) is 0 Å². The van der Waals surface area contributed by atoms with Crippen molar-refractivity contribution in [1.82, 2.24) is 0 Å². The Labute approximate surface area is 315 Å². The van der Waals surface area contributed by atoms with Crippen LogP contribution < -0.4 is 0 Å². The second kappa shape index (κ2) is 24.5. The quantitative estimate of drug-likeness (QED) is 0.0608. The van der Waals surface area contributed by atoms with Gasteiger partial charge in [-0.25, -0.2) is 0 Å². The van der Waals surface area contributed by atoms with Gasteiger partial charge < -0.3 is 0 Å². The Morgan fingerprint density at radius 3 is 0.339 bits per heavy atom. The van der Waals surface area contributed by atoms with Gasteiger partial charge in [0.1, 0.15) is 0 Å². The number of hydrogen-bond donors (Lipinski definition) is 0. The maximum atomic E-state index is 14.6. The molecule has 0 unspecified atom stereocenters. The van der Waals surface area contributed by atoms with Gasteiger partial charge in [-0.1, -0.05) is 111 Å². The van der Waals surface area contributed by atoms with Gasteiger partial charge in [0.05, 0.1) is 0 Å². The molecule has 0 fully saturated rings. The van der Waals surface area contributed by atoms with E-state index in [1.807, 2.05) is 92.1 Å². The van der Waals surface area contributed by atoms with Crippen molar-refractivity contribution in [1.29, 1.82) is 0 Å². The van der Waals surface area contributed by atoms with Gasteiger partial charge in [0.15, 0.2) is 0 Å². The molecule has 0 radical (unpaired) electrons. The van der Waals surface area contributed by atoms with E-state index in [2.05, 4.69) is 0 Å². The van der Waals surface area contributed by atoms with Crippen LogP contribution in [0.3, 0.4) is 0 Å².